The third kappa shape index (κ3) is 3.08. The molecule has 1 saturated carbocycles. The number of carbonyl (C=O) groups is 1. The molecule has 3 heteroatoms. The number of esters is 1. The molecule has 0 unspecified atom stereocenters. The summed E-state index contributed by atoms with van der Waals surface area (Å²) in [5.74, 6) is 1.40. The highest BCUT2D eigenvalue weighted by Crippen LogP contribution is 2.29. The molecule has 1 fully saturated rings. The second-order valence-electron chi connectivity index (χ2n) is 6.18. The highest BCUT2D eigenvalue weighted by Gasteiger charge is 2.19. The number of carbonyl (C=O) groups excluding carboxylic acids is 1. The summed E-state index contributed by atoms with van der Waals surface area (Å²) >= 11 is 0. The standard InChI is InChI=1S/C19H22O3/c1-13-6-8-15(9-7-13)22-16-10-11-17-14(12-16)4-3-5-18(17)19(20)21-2/h3-5,10-13,15H,6-9H2,1-2H3/t13-,15+. The van der Waals surface area contributed by atoms with Crippen LogP contribution < -0.4 is 4.74 Å². The van der Waals surface area contributed by atoms with Crippen molar-refractivity contribution in [2.75, 3.05) is 7.11 Å². The monoisotopic (exact) mass is 298 g/mol. The van der Waals surface area contributed by atoms with Crippen molar-refractivity contribution < 1.29 is 14.3 Å². The summed E-state index contributed by atoms with van der Waals surface area (Å²) in [6, 6.07) is 11.6. The Morgan fingerprint density at radius 2 is 1.86 bits per heavy atom. The Balaban J connectivity index is 1.83. The lowest BCUT2D eigenvalue weighted by Crippen LogP contribution is -2.22. The lowest BCUT2D eigenvalue weighted by atomic mass is 9.89. The predicted octanol–water partition coefficient (Wildman–Crippen LogP) is 4.58. The molecule has 2 aromatic carbocycles. The Hall–Kier alpha value is -2.03. The fourth-order valence-corrected chi connectivity index (χ4v) is 3.16. The lowest BCUT2D eigenvalue weighted by Gasteiger charge is -2.27. The molecule has 2 aromatic rings. The van der Waals surface area contributed by atoms with Crippen molar-refractivity contribution in [1.82, 2.24) is 0 Å². The van der Waals surface area contributed by atoms with Gasteiger partial charge >= 0.3 is 5.97 Å². The van der Waals surface area contributed by atoms with Gasteiger partial charge in [-0.05, 0) is 66.6 Å². The van der Waals surface area contributed by atoms with Gasteiger partial charge in [-0.3, -0.25) is 0 Å². The Labute approximate surface area is 131 Å². The van der Waals surface area contributed by atoms with Crippen LogP contribution in [0.4, 0.5) is 0 Å². The number of fused-ring (bicyclic) bond motifs is 1. The fourth-order valence-electron chi connectivity index (χ4n) is 3.16. The number of ether oxygens (including phenoxy) is 2. The second-order valence-corrected chi connectivity index (χ2v) is 6.18. The van der Waals surface area contributed by atoms with Crippen molar-refractivity contribution in [1.29, 1.82) is 0 Å². The minimum Gasteiger partial charge on any atom is -0.490 e. The predicted molar refractivity (Wildman–Crippen MR) is 87.3 cm³/mol. The fraction of sp³-hybridized carbons (Fsp3) is 0.421. The molecule has 3 nitrogen and oxygen atoms in total. The molecule has 0 aliphatic heterocycles. The van der Waals surface area contributed by atoms with Crippen LogP contribution in [0.3, 0.4) is 0 Å². The first-order valence-corrected chi connectivity index (χ1v) is 7.95. The van der Waals surface area contributed by atoms with E-state index in [0.29, 0.717) is 11.7 Å². The highest BCUT2D eigenvalue weighted by molar-refractivity contribution is 6.04. The van der Waals surface area contributed by atoms with Gasteiger partial charge in [0.1, 0.15) is 5.75 Å². The molecule has 1 aliphatic carbocycles. The van der Waals surface area contributed by atoms with E-state index in [9.17, 15) is 4.79 Å². The molecule has 0 spiro atoms. The number of benzene rings is 2. The van der Waals surface area contributed by atoms with Crippen LogP contribution in [0.25, 0.3) is 10.8 Å². The number of hydrogen-bond donors (Lipinski definition) is 0. The van der Waals surface area contributed by atoms with Crippen molar-refractivity contribution in [3.8, 4) is 5.75 Å². The minimum atomic E-state index is -0.305. The SMILES string of the molecule is COC(=O)c1cccc2cc(O[C@H]3CC[C@@H](C)CC3)ccc12. The van der Waals surface area contributed by atoms with E-state index in [0.717, 1.165) is 35.3 Å². The topological polar surface area (TPSA) is 35.5 Å². The molecule has 0 radical (unpaired) electrons. The third-order valence-electron chi connectivity index (χ3n) is 4.52. The first kappa shape index (κ1) is 14.9. The highest BCUT2D eigenvalue weighted by atomic mass is 16.5. The van der Waals surface area contributed by atoms with Gasteiger partial charge in [0.2, 0.25) is 0 Å². The van der Waals surface area contributed by atoms with Crippen LogP contribution in [0.2, 0.25) is 0 Å². The normalized spacial score (nSPS) is 21.5. The maximum Gasteiger partial charge on any atom is 0.338 e. The van der Waals surface area contributed by atoms with Crippen LogP contribution in [0.15, 0.2) is 36.4 Å². The van der Waals surface area contributed by atoms with Gasteiger partial charge in [0.25, 0.3) is 0 Å². The molecule has 0 heterocycles. The van der Waals surface area contributed by atoms with Crippen molar-refractivity contribution in [2.24, 2.45) is 5.92 Å². The average Bonchev–Trinajstić information content (AvgIpc) is 2.55. The summed E-state index contributed by atoms with van der Waals surface area (Å²) in [5.41, 5.74) is 0.595. The summed E-state index contributed by atoms with van der Waals surface area (Å²) in [6.45, 7) is 2.31. The molecular formula is C19H22O3. The van der Waals surface area contributed by atoms with Crippen LogP contribution in [-0.2, 0) is 4.74 Å². The van der Waals surface area contributed by atoms with Gasteiger partial charge in [-0.2, -0.15) is 0 Å². The Morgan fingerprint density at radius 3 is 2.59 bits per heavy atom. The van der Waals surface area contributed by atoms with Crippen molar-refractivity contribution in [3.05, 3.63) is 42.0 Å². The van der Waals surface area contributed by atoms with E-state index < -0.39 is 0 Å². The van der Waals surface area contributed by atoms with Crippen LogP contribution in [0, 0.1) is 5.92 Å². The first-order valence-electron chi connectivity index (χ1n) is 7.95. The molecule has 22 heavy (non-hydrogen) atoms. The lowest BCUT2D eigenvalue weighted by molar-refractivity contribution is 0.0603. The van der Waals surface area contributed by atoms with Crippen LogP contribution in [0.1, 0.15) is 43.0 Å². The Kier molecular flexibility index (Phi) is 4.32. The molecule has 116 valence electrons. The van der Waals surface area contributed by atoms with Crippen LogP contribution in [-0.4, -0.2) is 19.2 Å². The van der Waals surface area contributed by atoms with Gasteiger partial charge in [0.05, 0.1) is 18.8 Å². The number of hydrogen-bond acceptors (Lipinski definition) is 3. The van der Waals surface area contributed by atoms with Gasteiger partial charge < -0.3 is 9.47 Å². The van der Waals surface area contributed by atoms with E-state index in [4.69, 9.17) is 9.47 Å². The number of methoxy groups -OCH3 is 1. The first-order chi connectivity index (χ1) is 10.7. The summed E-state index contributed by atoms with van der Waals surface area (Å²) < 4.78 is 11.0. The van der Waals surface area contributed by atoms with Gasteiger partial charge in [0.15, 0.2) is 0 Å². The molecule has 0 atom stereocenters. The van der Waals surface area contributed by atoms with E-state index in [1.807, 2.05) is 30.3 Å². The largest absolute Gasteiger partial charge is 0.490 e. The van der Waals surface area contributed by atoms with Gasteiger partial charge in [-0.1, -0.05) is 19.1 Å². The van der Waals surface area contributed by atoms with E-state index in [-0.39, 0.29) is 5.97 Å². The van der Waals surface area contributed by atoms with Gasteiger partial charge in [0, 0.05) is 0 Å². The summed E-state index contributed by atoms with van der Waals surface area (Å²) in [6.07, 6.45) is 5.05. The molecule has 1 aliphatic rings. The van der Waals surface area contributed by atoms with Gasteiger partial charge in [-0.25, -0.2) is 4.79 Å². The Morgan fingerprint density at radius 1 is 1.09 bits per heavy atom. The molecule has 0 saturated heterocycles. The van der Waals surface area contributed by atoms with E-state index in [1.165, 1.54) is 20.0 Å². The molecule has 0 bridgehead atoms. The second kappa shape index (κ2) is 6.39. The quantitative estimate of drug-likeness (QED) is 0.778. The van der Waals surface area contributed by atoms with E-state index >= 15 is 0 Å². The molecular weight excluding hydrogens is 276 g/mol. The van der Waals surface area contributed by atoms with Gasteiger partial charge in [-0.15, -0.1) is 0 Å². The minimum absolute atomic E-state index is 0.305. The zero-order valence-corrected chi connectivity index (χ0v) is 13.2. The number of rotatable bonds is 3. The smallest absolute Gasteiger partial charge is 0.338 e. The summed E-state index contributed by atoms with van der Waals surface area (Å²) in [7, 11) is 1.41. The Bertz CT molecular complexity index is 669. The zero-order chi connectivity index (χ0) is 15.5. The van der Waals surface area contributed by atoms with Crippen LogP contribution in [0.5, 0.6) is 5.75 Å². The summed E-state index contributed by atoms with van der Waals surface area (Å²) in [4.78, 5) is 11.8. The maximum atomic E-state index is 11.8. The third-order valence-corrected chi connectivity index (χ3v) is 4.52. The maximum absolute atomic E-state index is 11.8. The van der Waals surface area contributed by atoms with E-state index in [2.05, 4.69) is 6.92 Å². The van der Waals surface area contributed by atoms with Crippen molar-refractivity contribution in [2.45, 2.75) is 38.7 Å². The molecule has 0 amide bonds. The van der Waals surface area contributed by atoms with Crippen molar-refractivity contribution >= 4 is 16.7 Å². The zero-order valence-electron chi connectivity index (χ0n) is 13.2. The van der Waals surface area contributed by atoms with E-state index in [1.54, 1.807) is 6.07 Å². The summed E-state index contributed by atoms with van der Waals surface area (Å²) in [5, 5.41) is 1.91. The van der Waals surface area contributed by atoms with Crippen molar-refractivity contribution in [3.63, 3.8) is 0 Å². The van der Waals surface area contributed by atoms with Crippen LogP contribution >= 0.6 is 0 Å². The molecule has 0 N–H and O–H groups in total. The molecule has 3 rings (SSSR count). The average molecular weight is 298 g/mol. The molecule has 0 aromatic heterocycles.